The summed E-state index contributed by atoms with van der Waals surface area (Å²) in [7, 11) is 0. The van der Waals surface area contributed by atoms with Gasteiger partial charge < -0.3 is 5.73 Å². The Morgan fingerprint density at radius 3 is 2.74 bits per heavy atom. The number of benzene rings is 1. The molecule has 1 fully saturated rings. The van der Waals surface area contributed by atoms with Crippen molar-refractivity contribution in [3.8, 4) is 11.1 Å². The lowest BCUT2D eigenvalue weighted by Crippen LogP contribution is -2.18. The summed E-state index contributed by atoms with van der Waals surface area (Å²) in [6, 6.07) is 2.13. The molecule has 19 heavy (non-hydrogen) atoms. The number of halogens is 2. The Bertz CT molecular complexity index is 603. The van der Waals surface area contributed by atoms with Crippen molar-refractivity contribution in [1.82, 2.24) is 9.78 Å². The van der Waals surface area contributed by atoms with Gasteiger partial charge in [-0.2, -0.15) is 5.10 Å². The summed E-state index contributed by atoms with van der Waals surface area (Å²) in [5.41, 5.74) is 5.93. The van der Waals surface area contributed by atoms with Crippen LogP contribution in [0.15, 0.2) is 24.5 Å². The number of anilines is 1. The van der Waals surface area contributed by atoms with E-state index in [4.69, 9.17) is 5.73 Å². The fraction of sp³-hybridized carbons (Fsp3) is 0.357. The number of aromatic nitrogens is 2. The standard InChI is InChI=1S/C14H15F2N3/c15-12-5-14(17)13(16)4-11(12)10-6-18-19(8-10)7-9-2-1-3-9/h4-6,8-9H,1-3,7,17H2. The first-order valence-electron chi connectivity index (χ1n) is 6.41. The van der Waals surface area contributed by atoms with Crippen LogP contribution < -0.4 is 5.73 Å². The van der Waals surface area contributed by atoms with Crippen LogP contribution in [0, 0.1) is 17.6 Å². The van der Waals surface area contributed by atoms with E-state index >= 15 is 0 Å². The molecule has 0 bridgehead atoms. The number of nitrogens with zero attached hydrogens (tertiary/aromatic N) is 2. The lowest BCUT2D eigenvalue weighted by molar-refractivity contribution is 0.266. The van der Waals surface area contributed by atoms with Gasteiger partial charge in [0.05, 0.1) is 11.9 Å². The molecule has 1 heterocycles. The van der Waals surface area contributed by atoms with Crippen LogP contribution in [0.5, 0.6) is 0 Å². The van der Waals surface area contributed by atoms with Crippen molar-refractivity contribution < 1.29 is 8.78 Å². The molecule has 2 N–H and O–H groups in total. The van der Waals surface area contributed by atoms with Crippen LogP contribution in [0.2, 0.25) is 0 Å². The van der Waals surface area contributed by atoms with Crippen LogP contribution in [0.4, 0.5) is 14.5 Å². The van der Waals surface area contributed by atoms with Gasteiger partial charge >= 0.3 is 0 Å². The minimum absolute atomic E-state index is 0.178. The number of nitrogens with two attached hydrogens (primary N) is 1. The van der Waals surface area contributed by atoms with Gasteiger partial charge in [-0.15, -0.1) is 0 Å². The third kappa shape index (κ3) is 2.32. The number of rotatable bonds is 3. The van der Waals surface area contributed by atoms with Crippen LogP contribution in [0.25, 0.3) is 11.1 Å². The molecular weight excluding hydrogens is 248 g/mol. The molecule has 100 valence electrons. The lowest BCUT2D eigenvalue weighted by atomic mass is 9.85. The van der Waals surface area contributed by atoms with Crippen molar-refractivity contribution >= 4 is 5.69 Å². The summed E-state index contributed by atoms with van der Waals surface area (Å²) >= 11 is 0. The number of nitrogen functional groups attached to an aromatic ring is 1. The average Bonchev–Trinajstić information content (AvgIpc) is 2.77. The van der Waals surface area contributed by atoms with Gasteiger partial charge in [-0.05, 0) is 24.8 Å². The summed E-state index contributed by atoms with van der Waals surface area (Å²) in [5.74, 6) is -0.467. The SMILES string of the molecule is Nc1cc(F)c(-c2cnn(CC3CCC3)c2)cc1F. The average molecular weight is 263 g/mol. The molecule has 0 radical (unpaired) electrons. The van der Waals surface area contributed by atoms with Gasteiger partial charge in [-0.1, -0.05) is 6.42 Å². The zero-order chi connectivity index (χ0) is 13.4. The van der Waals surface area contributed by atoms with Crippen molar-refractivity contribution in [1.29, 1.82) is 0 Å². The molecule has 1 aromatic heterocycles. The van der Waals surface area contributed by atoms with Gasteiger partial charge in [0.1, 0.15) is 11.6 Å². The highest BCUT2D eigenvalue weighted by Crippen LogP contribution is 2.29. The second kappa shape index (κ2) is 4.64. The molecule has 1 aromatic carbocycles. The van der Waals surface area contributed by atoms with E-state index in [1.807, 2.05) is 0 Å². The number of hydrogen-bond donors (Lipinski definition) is 1. The molecule has 2 aromatic rings. The first kappa shape index (κ1) is 12.1. The van der Waals surface area contributed by atoms with Crippen molar-refractivity contribution in [3.05, 3.63) is 36.2 Å². The van der Waals surface area contributed by atoms with Gasteiger partial charge in [0.2, 0.25) is 0 Å². The smallest absolute Gasteiger partial charge is 0.146 e. The van der Waals surface area contributed by atoms with E-state index in [0.29, 0.717) is 11.5 Å². The summed E-state index contributed by atoms with van der Waals surface area (Å²) < 4.78 is 29.0. The maximum Gasteiger partial charge on any atom is 0.146 e. The maximum atomic E-state index is 13.8. The van der Waals surface area contributed by atoms with Crippen LogP contribution in [-0.4, -0.2) is 9.78 Å². The molecular formula is C14H15F2N3. The van der Waals surface area contributed by atoms with E-state index in [1.54, 1.807) is 17.1 Å². The van der Waals surface area contributed by atoms with Gasteiger partial charge in [0.25, 0.3) is 0 Å². The summed E-state index contributed by atoms with van der Waals surface area (Å²) in [6.07, 6.45) is 7.04. The highest BCUT2D eigenvalue weighted by molar-refractivity contribution is 5.65. The fourth-order valence-corrected chi connectivity index (χ4v) is 2.33. The van der Waals surface area contributed by atoms with Crippen LogP contribution >= 0.6 is 0 Å². The van der Waals surface area contributed by atoms with Gasteiger partial charge in [0.15, 0.2) is 0 Å². The predicted molar refractivity (Wildman–Crippen MR) is 69.3 cm³/mol. The highest BCUT2D eigenvalue weighted by Gasteiger charge is 2.18. The van der Waals surface area contributed by atoms with Crippen molar-refractivity contribution in [2.24, 2.45) is 5.92 Å². The Balaban J connectivity index is 1.87. The Labute approximate surface area is 110 Å². The molecule has 0 unspecified atom stereocenters. The van der Waals surface area contributed by atoms with E-state index in [1.165, 1.54) is 19.3 Å². The first-order chi connectivity index (χ1) is 9.13. The largest absolute Gasteiger partial charge is 0.396 e. The quantitative estimate of drug-likeness (QED) is 0.864. The zero-order valence-corrected chi connectivity index (χ0v) is 10.4. The van der Waals surface area contributed by atoms with E-state index in [-0.39, 0.29) is 11.3 Å². The van der Waals surface area contributed by atoms with E-state index < -0.39 is 11.6 Å². The van der Waals surface area contributed by atoms with Gasteiger partial charge in [0, 0.05) is 29.9 Å². The molecule has 1 aliphatic carbocycles. The first-order valence-corrected chi connectivity index (χ1v) is 6.41. The molecule has 3 nitrogen and oxygen atoms in total. The minimum atomic E-state index is -0.608. The summed E-state index contributed by atoms with van der Waals surface area (Å²) in [5, 5.41) is 4.20. The van der Waals surface area contributed by atoms with Crippen molar-refractivity contribution in [2.75, 3.05) is 5.73 Å². The van der Waals surface area contributed by atoms with Crippen LogP contribution in [-0.2, 0) is 6.54 Å². The van der Waals surface area contributed by atoms with E-state index in [9.17, 15) is 8.78 Å². The molecule has 5 heteroatoms. The normalized spacial score (nSPS) is 15.5. The second-order valence-electron chi connectivity index (χ2n) is 5.10. The molecule has 1 saturated carbocycles. The van der Waals surface area contributed by atoms with Crippen molar-refractivity contribution in [3.63, 3.8) is 0 Å². The topological polar surface area (TPSA) is 43.8 Å². The number of hydrogen-bond acceptors (Lipinski definition) is 2. The molecule has 3 rings (SSSR count). The zero-order valence-electron chi connectivity index (χ0n) is 10.4. The molecule has 0 atom stereocenters. The predicted octanol–water partition coefficient (Wildman–Crippen LogP) is 3.21. The van der Waals surface area contributed by atoms with E-state index in [0.717, 1.165) is 18.7 Å². The van der Waals surface area contributed by atoms with Gasteiger partial charge in [-0.3, -0.25) is 4.68 Å². The lowest BCUT2D eigenvalue weighted by Gasteiger charge is -2.24. The molecule has 1 aliphatic rings. The Hall–Kier alpha value is -1.91. The highest BCUT2D eigenvalue weighted by atomic mass is 19.1. The Morgan fingerprint density at radius 1 is 1.26 bits per heavy atom. The fourth-order valence-electron chi connectivity index (χ4n) is 2.33. The minimum Gasteiger partial charge on any atom is -0.396 e. The van der Waals surface area contributed by atoms with Crippen LogP contribution in [0.1, 0.15) is 19.3 Å². The van der Waals surface area contributed by atoms with Gasteiger partial charge in [-0.25, -0.2) is 8.78 Å². The molecule has 0 amide bonds. The monoisotopic (exact) mass is 263 g/mol. The Morgan fingerprint density at radius 2 is 2.05 bits per heavy atom. The third-order valence-corrected chi connectivity index (χ3v) is 3.70. The summed E-state index contributed by atoms with van der Waals surface area (Å²) in [6.45, 7) is 0.846. The van der Waals surface area contributed by atoms with Crippen molar-refractivity contribution in [2.45, 2.75) is 25.8 Å². The molecule has 0 aliphatic heterocycles. The summed E-state index contributed by atoms with van der Waals surface area (Å²) in [4.78, 5) is 0. The third-order valence-electron chi connectivity index (χ3n) is 3.70. The Kier molecular flexibility index (Phi) is 2.97. The molecule has 0 spiro atoms. The van der Waals surface area contributed by atoms with Crippen LogP contribution in [0.3, 0.4) is 0 Å². The van der Waals surface area contributed by atoms with E-state index in [2.05, 4.69) is 5.10 Å². The maximum absolute atomic E-state index is 13.8. The second-order valence-corrected chi connectivity index (χ2v) is 5.10. The molecule has 0 saturated heterocycles.